The number of anilines is 1. The van der Waals surface area contributed by atoms with Crippen LogP contribution in [0.1, 0.15) is 33.9 Å². The molecule has 6 nitrogen and oxygen atoms in total. The van der Waals surface area contributed by atoms with Crippen molar-refractivity contribution < 1.29 is 19.4 Å². The third-order valence-electron chi connectivity index (χ3n) is 3.86. The maximum atomic E-state index is 12.4. The highest BCUT2D eigenvalue weighted by molar-refractivity contribution is 7.20. The number of hydrogen-bond donors (Lipinski definition) is 3. The second-order valence-corrected chi connectivity index (χ2v) is 7.83. The first-order chi connectivity index (χ1) is 13.1. The Morgan fingerprint density at radius 1 is 1.26 bits per heavy atom. The summed E-state index contributed by atoms with van der Waals surface area (Å²) >= 11 is 2.89. The number of aliphatic hydroxyl groups is 1. The van der Waals surface area contributed by atoms with E-state index < -0.39 is 0 Å². The van der Waals surface area contributed by atoms with Crippen LogP contribution in [-0.4, -0.2) is 30.3 Å². The Morgan fingerprint density at radius 2 is 2.11 bits per heavy atom. The minimum absolute atomic E-state index is 0.0135. The predicted molar refractivity (Wildman–Crippen MR) is 109 cm³/mol. The van der Waals surface area contributed by atoms with E-state index in [1.165, 1.54) is 22.7 Å². The number of thiophene rings is 2. The molecule has 0 bridgehead atoms. The summed E-state index contributed by atoms with van der Waals surface area (Å²) in [5.41, 5.74) is 0.627. The van der Waals surface area contributed by atoms with Crippen molar-refractivity contribution in [2.45, 2.75) is 19.4 Å². The quantitative estimate of drug-likeness (QED) is 0.510. The Kier molecular flexibility index (Phi) is 6.44. The van der Waals surface area contributed by atoms with Crippen molar-refractivity contribution in [3.8, 4) is 0 Å². The Balaban J connectivity index is 1.69. The Hall–Kier alpha value is -2.42. The summed E-state index contributed by atoms with van der Waals surface area (Å²) in [5, 5.41) is 17.7. The van der Waals surface area contributed by atoms with Gasteiger partial charge in [0.2, 0.25) is 0 Å². The monoisotopic (exact) mass is 404 g/mol. The summed E-state index contributed by atoms with van der Waals surface area (Å²) in [5.74, 6) is -0.339. The zero-order chi connectivity index (χ0) is 19.2. The SMILES string of the molecule is CCOC(=O)c1cc2cc(NC(=O)NC(CCO)c3cccs3)ccc2s1. The van der Waals surface area contributed by atoms with Crippen LogP contribution in [0.4, 0.5) is 10.5 Å². The highest BCUT2D eigenvalue weighted by Gasteiger charge is 2.16. The van der Waals surface area contributed by atoms with Crippen molar-refractivity contribution in [1.29, 1.82) is 0 Å². The summed E-state index contributed by atoms with van der Waals surface area (Å²) in [6, 6.07) is 10.5. The molecule has 0 aliphatic heterocycles. The van der Waals surface area contributed by atoms with Gasteiger partial charge in [0.15, 0.2) is 0 Å². The van der Waals surface area contributed by atoms with Crippen molar-refractivity contribution in [3.63, 3.8) is 0 Å². The average molecular weight is 405 g/mol. The molecule has 1 atom stereocenters. The first-order valence-corrected chi connectivity index (χ1v) is 10.2. The molecule has 0 aliphatic rings. The van der Waals surface area contributed by atoms with Crippen molar-refractivity contribution in [3.05, 3.63) is 51.5 Å². The third kappa shape index (κ3) is 4.85. The number of esters is 1. The van der Waals surface area contributed by atoms with Crippen LogP contribution in [0.15, 0.2) is 41.8 Å². The average Bonchev–Trinajstić information content (AvgIpc) is 3.31. The van der Waals surface area contributed by atoms with E-state index in [9.17, 15) is 14.7 Å². The summed E-state index contributed by atoms with van der Waals surface area (Å²) < 4.78 is 5.97. The van der Waals surface area contributed by atoms with Crippen LogP contribution in [0.5, 0.6) is 0 Å². The fourth-order valence-electron chi connectivity index (χ4n) is 2.65. The number of rotatable bonds is 7. The van der Waals surface area contributed by atoms with Gasteiger partial charge < -0.3 is 20.5 Å². The fraction of sp³-hybridized carbons (Fsp3) is 0.263. The first kappa shape index (κ1) is 19.3. The summed E-state index contributed by atoms with van der Waals surface area (Å²) in [6.45, 7) is 2.09. The summed E-state index contributed by atoms with van der Waals surface area (Å²) in [7, 11) is 0. The largest absolute Gasteiger partial charge is 0.462 e. The number of benzene rings is 1. The molecule has 3 aromatic rings. The molecule has 0 spiro atoms. The number of ether oxygens (including phenoxy) is 1. The third-order valence-corrected chi connectivity index (χ3v) is 5.94. The van der Waals surface area contributed by atoms with Crippen LogP contribution in [0, 0.1) is 0 Å². The molecule has 0 saturated carbocycles. The van der Waals surface area contributed by atoms with E-state index in [1.807, 2.05) is 29.6 Å². The van der Waals surface area contributed by atoms with E-state index in [4.69, 9.17) is 4.74 Å². The van der Waals surface area contributed by atoms with Crippen molar-refractivity contribution in [1.82, 2.24) is 5.32 Å². The minimum atomic E-state index is -0.345. The highest BCUT2D eigenvalue weighted by Crippen LogP contribution is 2.29. The van der Waals surface area contributed by atoms with Crippen molar-refractivity contribution in [2.24, 2.45) is 0 Å². The molecule has 3 rings (SSSR count). The van der Waals surface area contributed by atoms with Crippen LogP contribution >= 0.6 is 22.7 Å². The molecule has 2 amide bonds. The van der Waals surface area contributed by atoms with Gasteiger partial charge in [-0.15, -0.1) is 22.7 Å². The number of nitrogens with one attached hydrogen (secondary N) is 2. The van der Waals surface area contributed by atoms with Crippen molar-refractivity contribution >= 4 is 50.4 Å². The second kappa shape index (κ2) is 8.98. The molecule has 0 fully saturated rings. The van der Waals surface area contributed by atoms with E-state index in [0.717, 1.165) is 15.0 Å². The number of amides is 2. The normalized spacial score (nSPS) is 11.9. The fourth-order valence-corrected chi connectivity index (χ4v) is 4.40. The van der Waals surface area contributed by atoms with Crippen LogP contribution in [-0.2, 0) is 4.74 Å². The lowest BCUT2D eigenvalue weighted by Crippen LogP contribution is -2.32. The lowest BCUT2D eigenvalue weighted by Gasteiger charge is -2.17. The number of aliphatic hydroxyl groups excluding tert-OH is 1. The number of fused-ring (bicyclic) bond motifs is 1. The molecule has 0 radical (unpaired) electrons. The summed E-state index contributed by atoms with van der Waals surface area (Å²) in [6.07, 6.45) is 0.445. The molecule has 1 unspecified atom stereocenters. The first-order valence-electron chi connectivity index (χ1n) is 8.53. The van der Waals surface area contributed by atoms with E-state index in [1.54, 1.807) is 19.1 Å². The highest BCUT2D eigenvalue weighted by atomic mass is 32.1. The maximum absolute atomic E-state index is 12.4. The molecule has 0 aliphatic carbocycles. The van der Waals surface area contributed by atoms with E-state index >= 15 is 0 Å². The molecule has 8 heteroatoms. The Bertz CT molecular complexity index is 921. The van der Waals surface area contributed by atoms with Gasteiger partial charge in [0, 0.05) is 21.9 Å². The molecule has 0 saturated heterocycles. The smallest absolute Gasteiger partial charge is 0.348 e. The molecule has 1 aromatic carbocycles. The zero-order valence-corrected chi connectivity index (χ0v) is 16.4. The Labute approximate surface area is 164 Å². The van der Waals surface area contributed by atoms with Crippen LogP contribution in [0.2, 0.25) is 0 Å². The maximum Gasteiger partial charge on any atom is 0.348 e. The molecular weight excluding hydrogens is 384 g/mol. The zero-order valence-electron chi connectivity index (χ0n) is 14.7. The Morgan fingerprint density at radius 3 is 2.81 bits per heavy atom. The second-order valence-electron chi connectivity index (χ2n) is 5.76. The number of carbonyl (C=O) groups excluding carboxylic acids is 2. The van der Waals surface area contributed by atoms with Gasteiger partial charge in [-0.05, 0) is 54.4 Å². The predicted octanol–water partition coefficient (Wildman–Crippen LogP) is 4.38. The van der Waals surface area contributed by atoms with E-state index in [-0.39, 0.29) is 24.6 Å². The van der Waals surface area contributed by atoms with Gasteiger partial charge in [0.1, 0.15) is 4.88 Å². The van der Waals surface area contributed by atoms with Gasteiger partial charge >= 0.3 is 12.0 Å². The summed E-state index contributed by atoms with van der Waals surface area (Å²) in [4.78, 5) is 25.7. The van der Waals surface area contributed by atoms with Gasteiger partial charge in [-0.2, -0.15) is 0 Å². The molecule has 2 aromatic heterocycles. The number of hydrogen-bond acceptors (Lipinski definition) is 6. The van der Waals surface area contributed by atoms with Gasteiger partial charge in [0.25, 0.3) is 0 Å². The van der Waals surface area contributed by atoms with Gasteiger partial charge in [-0.25, -0.2) is 9.59 Å². The lowest BCUT2D eigenvalue weighted by atomic mass is 10.2. The van der Waals surface area contributed by atoms with E-state index in [0.29, 0.717) is 23.6 Å². The molecule has 3 N–H and O–H groups in total. The van der Waals surface area contributed by atoms with Crippen LogP contribution < -0.4 is 10.6 Å². The minimum Gasteiger partial charge on any atom is -0.462 e. The molecule has 2 heterocycles. The molecule has 142 valence electrons. The van der Waals surface area contributed by atoms with Crippen LogP contribution in [0.3, 0.4) is 0 Å². The van der Waals surface area contributed by atoms with Gasteiger partial charge in [-0.1, -0.05) is 6.07 Å². The molecule has 27 heavy (non-hydrogen) atoms. The topological polar surface area (TPSA) is 87.7 Å². The van der Waals surface area contributed by atoms with Gasteiger partial charge in [-0.3, -0.25) is 0 Å². The van der Waals surface area contributed by atoms with Crippen LogP contribution in [0.25, 0.3) is 10.1 Å². The van der Waals surface area contributed by atoms with Gasteiger partial charge in [0.05, 0.1) is 12.6 Å². The number of urea groups is 1. The number of carbonyl (C=O) groups is 2. The lowest BCUT2D eigenvalue weighted by molar-refractivity contribution is 0.0532. The van der Waals surface area contributed by atoms with E-state index in [2.05, 4.69) is 10.6 Å². The van der Waals surface area contributed by atoms with Crippen molar-refractivity contribution in [2.75, 3.05) is 18.5 Å². The standard InChI is InChI=1S/C19H20N2O4S2/c1-2-25-18(23)17-11-12-10-13(5-6-15(12)27-17)20-19(24)21-14(7-8-22)16-4-3-9-26-16/h3-6,9-11,14,22H,2,7-8H2,1H3,(H2,20,21,24). The molecular formula is C19H20N2O4S2.